The van der Waals surface area contributed by atoms with Crippen molar-refractivity contribution in [3.63, 3.8) is 0 Å². The molecule has 2 heterocycles. The van der Waals surface area contributed by atoms with E-state index in [9.17, 15) is 0 Å². The average Bonchev–Trinajstić information content (AvgIpc) is 3.74. The summed E-state index contributed by atoms with van der Waals surface area (Å²) in [5.74, 6) is 0.409. The fraction of sp³-hybridized carbons (Fsp3) is 0.115. The molecule has 0 N–H and O–H groups in total. The Morgan fingerprint density at radius 2 is 1.48 bits per heavy atom. The van der Waals surface area contributed by atoms with Gasteiger partial charge in [-0.3, -0.25) is 0 Å². The van der Waals surface area contributed by atoms with Crippen LogP contribution in [0.2, 0.25) is 0 Å². The first-order chi connectivity index (χ1) is 26.5. The van der Waals surface area contributed by atoms with Gasteiger partial charge in [-0.15, -0.1) is 22.7 Å². The van der Waals surface area contributed by atoms with Crippen molar-refractivity contribution >= 4 is 99.7 Å². The van der Waals surface area contributed by atoms with Crippen molar-refractivity contribution in [2.45, 2.75) is 33.1 Å². The second-order valence-electron chi connectivity index (χ2n) is 14.7. The first-order valence-corrected chi connectivity index (χ1v) is 20.6. The summed E-state index contributed by atoms with van der Waals surface area (Å²) in [6.07, 6.45) is 30.0. The quantitative estimate of drug-likeness (QED) is 0.160. The summed E-state index contributed by atoms with van der Waals surface area (Å²) in [6.45, 7) is 13.1. The largest absolute Gasteiger partial charge is 0.136 e. The second kappa shape index (κ2) is 13.1. The Kier molecular flexibility index (Phi) is 8.02. The summed E-state index contributed by atoms with van der Waals surface area (Å²) < 4.78 is 4.02. The molecule has 10 rings (SSSR count). The lowest BCUT2D eigenvalue weighted by Crippen LogP contribution is -2.34. The summed E-state index contributed by atoms with van der Waals surface area (Å²) in [5.41, 5.74) is 12.7. The number of hydrogen-bond acceptors (Lipinski definition) is 2. The highest BCUT2D eigenvalue weighted by molar-refractivity contribution is 7.26. The van der Waals surface area contributed by atoms with Crippen molar-refractivity contribution < 1.29 is 0 Å². The van der Waals surface area contributed by atoms with Gasteiger partial charge in [0.05, 0.1) is 0 Å². The minimum atomic E-state index is 0.409. The highest BCUT2D eigenvalue weighted by Gasteiger charge is 2.24. The Labute approximate surface area is 324 Å². The van der Waals surface area contributed by atoms with E-state index in [-0.39, 0.29) is 0 Å². The zero-order valence-electron chi connectivity index (χ0n) is 30.7. The van der Waals surface area contributed by atoms with Gasteiger partial charge in [-0.1, -0.05) is 110 Å². The van der Waals surface area contributed by atoms with Crippen LogP contribution in [0.25, 0.3) is 99.2 Å². The van der Waals surface area contributed by atoms with Gasteiger partial charge in [-0.25, -0.2) is 0 Å². The molecule has 0 fully saturated rings. The smallest absolute Gasteiger partial charge is 0.0361 e. The predicted octanol–water partition coefficient (Wildman–Crippen LogP) is 14.2. The Bertz CT molecular complexity index is 3070. The van der Waals surface area contributed by atoms with Crippen molar-refractivity contribution in [3.05, 3.63) is 166 Å². The molecule has 0 saturated heterocycles. The van der Waals surface area contributed by atoms with Crippen molar-refractivity contribution in [1.82, 2.24) is 0 Å². The molecular weight excluding hydrogens is 689 g/mol. The van der Waals surface area contributed by atoms with Crippen LogP contribution in [0.1, 0.15) is 53.3 Å². The highest BCUT2D eigenvalue weighted by atomic mass is 32.1. The third-order valence-electron chi connectivity index (χ3n) is 11.7. The predicted molar refractivity (Wildman–Crippen MR) is 243 cm³/mol. The van der Waals surface area contributed by atoms with Crippen molar-refractivity contribution in [1.29, 1.82) is 0 Å². The van der Waals surface area contributed by atoms with Crippen molar-refractivity contribution in [3.8, 4) is 22.3 Å². The van der Waals surface area contributed by atoms with Crippen LogP contribution in [-0.2, 0) is 0 Å². The van der Waals surface area contributed by atoms with E-state index in [1.807, 2.05) is 22.7 Å². The van der Waals surface area contributed by atoms with E-state index in [4.69, 9.17) is 0 Å². The molecule has 0 saturated carbocycles. The lowest BCUT2D eigenvalue weighted by Gasteiger charge is -2.26. The normalized spacial score (nSPS) is 16.4. The molecule has 1 unspecified atom stereocenters. The van der Waals surface area contributed by atoms with E-state index in [0.717, 1.165) is 24.8 Å². The molecule has 2 heteroatoms. The lowest BCUT2D eigenvalue weighted by atomic mass is 9.77. The number of rotatable bonds is 6. The molecule has 3 aliphatic rings. The molecule has 0 nitrogen and oxygen atoms in total. The summed E-state index contributed by atoms with van der Waals surface area (Å²) in [4.78, 5) is 1.35. The maximum atomic E-state index is 4.40. The van der Waals surface area contributed by atoms with E-state index in [1.54, 1.807) is 0 Å². The fourth-order valence-corrected chi connectivity index (χ4v) is 11.4. The van der Waals surface area contributed by atoms with E-state index in [0.29, 0.717) is 5.92 Å². The highest BCUT2D eigenvalue weighted by Crippen LogP contribution is 2.44. The Morgan fingerprint density at radius 1 is 0.704 bits per heavy atom. The number of fused-ring (bicyclic) bond motifs is 8. The van der Waals surface area contributed by atoms with Crippen molar-refractivity contribution in [2.75, 3.05) is 0 Å². The molecule has 0 bridgehead atoms. The SMILES string of the molecule is C=Cc1c(C=C)c(-c2cccc(-c3ccc4sc5ccc6cc7c(C)c(/C=C\C)sc7cc6c5c4c3)c2)c2c(c1C1=CC=C3C=CC=CC3C1)=CCCC=2. The molecule has 7 aromatic rings. The summed E-state index contributed by atoms with van der Waals surface area (Å²) in [7, 11) is 0. The number of benzene rings is 5. The molecule has 3 aliphatic carbocycles. The number of allylic oxidation sites excluding steroid dienone is 9. The van der Waals surface area contributed by atoms with Gasteiger partial charge in [0, 0.05) is 35.7 Å². The minimum Gasteiger partial charge on any atom is -0.136 e. The standard InChI is InChI=1S/C52H40S2/c1-5-13-46-31(4)43-29-36-23-25-48-52(44(36)30-49(43)53-46)45-28-35(22-24-47(45)54-48)34-16-12-17-37(27-34)50-39(6-2)40(7-3)51(42-19-11-10-18-41(42)50)38-21-20-32-14-8-9-15-33(32)26-38/h5-9,12-25,27-30,33H,2-3,10-11,26H2,1,4H3/b13-5-. The van der Waals surface area contributed by atoms with Crippen LogP contribution >= 0.6 is 22.7 Å². The summed E-state index contributed by atoms with van der Waals surface area (Å²) >= 11 is 3.79. The third-order valence-corrected chi connectivity index (χ3v) is 14.0. The molecule has 0 amide bonds. The molecule has 2 aromatic heterocycles. The van der Waals surface area contributed by atoms with Gasteiger partial charge in [-0.05, 0) is 158 Å². The van der Waals surface area contributed by atoms with Crippen LogP contribution in [0.4, 0.5) is 0 Å². The maximum Gasteiger partial charge on any atom is 0.0361 e. The van der Waals surface area contributed by atoms with Gasteiger partial charge in [0.25, 0.3) is 0 Å². The van der Waals surface area contributed by atoms with Gasteiger partial charge in [0.15, 0.2) is 0 Å². The maximum absolute atomic E-state index is 4.40. The third kappa shape index (κ3) is 5.16. The van der Waals surface area contributed by atoms with E-state index < -0.39 is 0 Å². The van der Waals surface area contributed by atoms with Gasteiger partial charge < -0.3 is 0 Å². The Balaban J connectivity index is 1.14. The Morgan fingerprint density at radius 3 is 2.31 bits per heavy atom. The molecule has 0 radical (unpaired) electrons. The van der Waals surface area contributed by atoms with Crippen LogP contribution < -0.4 is 10.4 Å². The van der Waals surface area contributed by atoms with Gasteiger partial charge in [0.2, 0.25) is 0 Å². The van der Waals surface area contributed by atoms with Gasteiger partial charge in [0.1, 0.15) is 0 Å². The van der Waals surface area contributed by atoms with E-state index >= 15 is 0 Å². The molecule has 260 valence electrons. The first kappa shape index (κ1) is 33.1. The van der Waals surface area contributed by atoms with E-state index in [2.05, 4.69) is 167 Å². The summed E-state index contributed by atoms with van der Waals surface area (Å²) in [5, 5.41) is 9.36. The second-order valence-corrected chi connectivity index (χ2v) is 16.9. The number of aryl methyl sites for hydroxylation is 1. The topological polar surface area (TPSA) is 0 Å². The van der Waals surface area contributed by atoms with Gasteiger partial charge in [-0.2, -0.15) is 0 Å². The molecule has 5 aromatic carbocycles. The van der Waals surface area contributed by atoms with Crippen LogP contribution in [0, 0.1) is 12.8 Å². The van der Waals surface area contributed by atoms with Crippen LogP contribution in [0.5, 0.6) is 0 Å². The average molecular weight is 729 g/mol. The first-order valence-electron chi connectivity index (χ1n) is 19.0. The molecule has 54 heavy (non-hydrogen) atoms. The number of hydrogen-bond donors (Lipinski definition) is 0. The minimum absolute atomic E-state index is 0.409. The lowest BCUT2D eigenvalue weighted by molar-refractivity contribution is 0.792. The zero-order valence-corrected chi connectivity index (χ0v) is 32.3. The number of thiophene rings is 2. The monoisotopic (exact) mass is 728 g/mol. The van der Waals surface area contributed by atoms with Crippen LogP contribution in [0.3, 0.4) is 0 Å². The zero-order chi connectivity index (χ0) is 36.5. The molecular formula is C52H40S2. The fourth-order valence-electron chi connectivity index (χ4n) is 9.12. The van der Waals surface area contributed by atoms with Crippen LogP contribution in [-0.4, -0.2) is 0 Å². The summed E-state index contributed by atoms with van der Waals surface area (Å²) in [6, 6.07) is 25.7. The van der Waals surface area contributed by atoms with Crippen LogP contribution in [0.15, 0.2) is 128 Å². The van der Waals surface area contributed by atoms with Gasteiger partial charge >= 0.3 is 0 Å². The van der Waals surface area contributed by atoms with E-state index in [1.165, 1.54) is 106 Å². The van der Waals surface area contributed by atoms with Crippen molar-refractivity contribution in [2.24, 2.45) is 5.92 Å². The molecule has 0 aliphatic heterocycles. The molecule has 1 atom stereocenters. The Hall–Kier alpha value is -5.54. The molecule has 0 spiro atoms.